The zero-order chi connectivity index (χ0) is 18.4. The SMILES string of the molecule is COc1ccc(CNC(=O)Cc2ccc(N3CCCC3)cc2)cc1OC. The van der Waals surface area contributed by atoms with Gasteiger partial charge in [0, 0.05) is 25.3 Å². The second-order valence-electron chi connectivity index (χ2n) is 6.50. The van der Waals surface area contributed by atoms with Gasteiger partial charge >= 0.3 is 0 Å². The minimum absolute atomic E-state index is 0.00806. The number of hydrogen-bond acceptors (Lipinski definition) is 4. The summed E-state index contributed by atoms with van der Waals surface area (Å²) in [4.78, 5) is 14.6. The fourth-order valence-corrected chi connectivity index (χ4v) is 3.24. The number of hydrogen-bond donors (Lipinski definition) is 1. The lowest BCUT2D eigenvalue weighted by Gasteiger charge is -2.17. The van der Waals surface area contributed by atoms with Crippen molar-refractivity contribution < 1.29 is 14.3 Å². The molecule has 2 aromatic carbocycles. The first-order valence-electron chi connectivity index (χ1n) is 9.01. The quantitative estimate of drug-likeness (QED) is 0.830. The summed E-state index contributed by atoms with van der Waals surface area (Å²) < 4.78 is 10.5. The van der Waals surface area contributed by atoms with Gasteiger partial charge in [0.15, 0.2) is 11.5 Å². The Hall–Kier alpha value is -2.69. The highest BCUT2D eigenvalue weighted by atomic mass is 16.5. The molecule has 1 N–H and O–H groups in total. The fraction of sp³-hybridized carbons (Fsp3) is 0.381. The highest BCUT2D eigenvalue weighted by molar-refractivity contribution is 5.78. The minimum atomic E-state index is 0.00806. The van der Waals surface area contributed by atoms with Crippen molar-refractivity contribution in [1.82, 2.24) is 5.32 Å². The van der Waals surface area contributed by atoms with Gasteiger partial charge in [0.05, 0.1) is 20.6 Å². The molecule has 0 aromatic heterocycles. The van der Waals surface area contributed by atoms with Gasteiger partial charge in [-0.25, -0.2) is 0 Å². The Kier molecular flexibility index (Phi) is 6.00. The molecule has 0 bridgehead atoms. The molecule has 1 aliphatic rings. The van der Waals surface area contributed by atoms with Crippen molar-refractivity contribution >= 4 is 11.6 Å². The van der Waals surface area contributed by atoms with E-state index in [1.807, 2.05) is 30.3 Å². The van der Waals surface area contributed by atoms with Gasteiger partial charge in [-0.2, -0.15) is 0 Å². The van der Waals surface area contributed by atoms with E-state index < -0.39 is 0 Å². The van der Waals surface area contributed by atoms with Gasteiger partial charge < -0.3 is 19.7 Å². The van der Waals surface area contributed by atoms with Crippen molar-refractivity contribution in [2.75, 3.05) is 32.2 Å². The molecule has 3 rings (SSSR count). The molecule has 1 fully saturated rings. The predicted molar refractivity (Wildman–Crippen MR) is 103 cm³/mol. The van der Waals surface area contributed by atoms with Gasteiger partial charge in [0.2, 0.25) is 5.91 Å². The van der Waals surface area contributed by atoms with E-state index in [1.54, 1.807) is 14.2 Å². The first-order chi connectivity index (χ1) is 12.7. The largest absolute Gasteiger partial charge is 0.493 e. The molecule has 26 heavy (non-hydrogen) atoms. The molecule has 5 nitrogen and oxygen atoms in total. The highest BCUT2D eigenvalue weighted by Gasteiger charge is 2.12. The summed E-state index contributed by atoms with van der Waals surface area (Å²) in [5, 5.41) is 2.96. The molecular formula is C21H26N2O3. The molecule has 1 amide bonds. The van der Waals surface area contributed by atoms with E-state index in [4.69, 9.17) is 9.47 Å². The lowest BCUT2D eigenvalue weighted by Crippen LogP contribution is -2.24. The van der Waals surface area contributed by atoms with Crippen molar-refractivity contribution in [3.8, 4) is 11.5 Å². The van der Waals surface area contributed by atoms with Crippen molar-refractivity contribution in [1.29, 1.82) is 0 Å². The molecule has 1 heterocycles. The van der Waals surface area contributed by atoms with Crippen molar-refractivity contribution in [3.63, 3.8) is 0 Å². The average Bonchev–Trinajstić information content (AvgIpc) is 3.21. The molecule has 5 heteroatoms. The second-order valence-corrected chi connectivity index (χ2v) is 6.50. The Morgan fingerprint density at radius 1 is 0.962 bits per heavy atom. The predicted octanol–water partition coefficient (Wildman–Crippen LogP) is 3.16. The zero-order valence-corrected chi connectivity index (χ0v) is 15.5. The third kappa shape index (κ3) is 4.48. The van der Waals surface area contributed by atoms with Crippen LogP contribution in [0.5, 0.6) is 11.5 Å². The van der Waals surface area contributed by atoms with Crippen LogP contribution in [-0.2, 0) is 17.8 Å². The maximum Gasteiger partial charge on any atom is 0.224 e. The molecule has 0 aliphatic carbocycles. The summed E-state index contributed by atoms with van der Waals surface area (Å²) in [6.45, 7) is 2.72. The van der Waals surface area contributed by atoms with Crippen LogP contribution in [0.4, 0.5) is 5.69 Å². The van der Waals surface area contributed by atoms with E-state index in [0.29, 0.717) is 24.5 Å². The first-order valence-corrected chi connectivity index (χ1v) is 9.01. The summed E-state index contributed by atoms with van der Waals surface area (Å²) in [5.41, 5.74) is 3.25. The average molecular weight is 354 g/mol. The molecular weight excluding hydrogens is 328 g/mol. The van der Waals surface area contributed by atoms with Crippen LogP contribution < -0.4 is 19.7 Å². The number of benzene rings is 2. The van der Waals surface area contributed by atoms with Gasteiger partial charge in [-0.05, 0) is 48.2 Å². The number of nitrogens with zero attached hydrogens (tertiary/aromatic N) is 1. The molecule has 2 aromatic rings. The number of amides is 1. The van der Waals surface area contributed by atoms with Gasteiger partial charge in [-0.1, -0.05) is 18.2 Å². The van der Waals surface area contributed by atoms with Gasteiger partial charge in [0.1, 0.15) is 0 Å². The van der Waals surface area contributed by atoms with Crippen LogP contribution >= 0.6 is 0 Å². The summed E-state index contributed by atoms with van der Waals surface area (Å²) in [6.07, 6.45) is 2.91. The van der Waals surface area contributed by atoms with Crippen LogP contribution in [0.1, 0.15) is 24.0 Å². The number of rotatable bonds is 7. The van der Waals surface area contributed by atoms with E-state index in [2.05, 4.69) is 22.3 Å². The molecule has 0 saturated carbocycles. The molecule has 0 radical (unpaired) electrons. The number of nitrogens with one attached hydrogen (secondary N) is 1. The zero-order valence-electron chi connectivity index (χ0n) is 15.5. The molecule has 0 atom stereocenters. The van der Waals surface area contributed by atoms with Crippen molar-refractivity contribution in [2.45, 2.75) is 25.8 Å². The van der Waals surface area contributed by atoms with Gasteiger partial charge in [0.25, 0.3) is 0 Å². The van der Waals surface area contributed by atoms with Crippen molar-refractivity contribution in [2.24, 2.45) is 0 Å². The fourth-order valence-electron chi connectivity index (χ4n) is 3.24. The lowest BCUT2D eigenvalue weighted by molar-refractivity contribution is -0.120. The van der Waals surface area contributed by atoms with Gasteiger partial charge in [-0.3, -0.25) is 4.79 Å². The summed E-state index contributed by atoms with van der Waals surface area (Å²) in [6, 6.07) is 14.0. The highest BCUT2D eigenvalue weighted by Crippen LogP contribution is 2.27. The number of anilines is 1. The minimum Gasteiger partial charge on any atom is -0.493 e. The number of carbonyl (C=O) groups excluding carboxylic acids is 1. The van der Waals surface area contributed by atoms with Crippen molar-refractivity contribution in [3.05, 3.63) is 53.6 Å². The second kappa shape index (κ2) is 8.61. The maximum absolute atomic E-state index is 12.2. The normalized spacial score (nSPS) is 13.5. The van der Waals surface area contributed by atoms with E-state index in [1.165, 1.54) is 18.5 Å². The summed E-state index contributed by atoms with van der Waals surface area (Å²) in [5.74, 6) is 1.35. The van der Waals surface area contributed by atoms with Gasteiger partial charge in [-0.15, -0.1) is 0 Å². The van der Waals surface area contributed by atoms with E-state index in [-0.39, 0.29) is 5.91 Å². The third-order valence-electron chi connectivity index (χ3n) is 4.71. The third-order valence-corrected chi connectivity index (χ3v) is 4.71. The first kappa shape index (κ1) is 18.1. The van der Waals surface area contributed by atoms with E-state index in [0.717, 1.165) is 24.2 Å². The molecule has 0 spiro atoms. The topological polar surface area (TPSA) is 50.8 Å². The number of carbonyl (C=O) groups is 1. The Balaban J connectivity index is 1.52. The van der Waals surface area contributed by atoms with Crippen LogP contribution in [0.25, 0.3) is 0 Å². The Morgan fingerprint density at radius 2 is 1.62 bits per heavy atom. The molecule has 1 saturated heterocycles. The Bertz CT molecular complexity index is 737. The lowest BCUT2D eigenvalue weighted by atomic mass is 10.1. The molecule has 1 aliphatic heterocycles. The number of methoxy groups -OCH3 is 2. The smallest absolute Gasteiger partial charge is 0.224 e. The molecule has 138 valence electrons. The number of ether oxygens (including phenoxy) is 2. The van der Waals surface area contributed by atoms with Crippen LogP contribution in [0, 0.1) is 0 Å². The monoisotopic (exact) mass is 354 g/mol. The summed E-state index contributed by atoms with van der Waals surface area (Å²) in [7, 11) is 3.21. The maximum atomic E-state index is 12.2. The van der Waals surface area contributed by atoms with Crippen LogP contribution in [0.2, 0.25) is 0 Å². The Morgan fingerprint density at radius 3 is 2.27 bits per heavy atom. The molecule has 0 unspecified atom stereocenters. The summed E-state index contributed by atoms with van der Waals surface area (Å²) >= 11 is 0. The standard InChI is InChI=1S/C21H26N2O3/c1-25-19-10-7-17(13-20(19)26-2)15-22-21(24)14-16-5-8-18(9-6-16)23-11-3-4-12-23/h5-10,13H,3-4,11-12,14-15H2,1-2H3,(H,22,24). The van der Waals surface area contributed by atoms with Crippen LogP contribution in [0.3, 0.4) is 0 Å². The van der Waals surface area contributed by atoms with Crippen LogP contribution in [-0.4, -0.2) is 33.2 Å². The van der Waals surface area contributed by atoms with E-state index in [9.17, 15) is 4.79 Å². The van der Waals surface area contributed by atoms with Crippen LogP contribution in [0.15, 0.2) is 42.5 Å². The van der Waals surface area contributed by atoms with E-state index >= 15 is 0 Å². The Labute approximate surface area is 154 Å².